The molecule has 1 amide bonds. The lowest BCUT2D eigenvalue weighted by Gasteiger charge is -2.49. The van der Waals surface area contributed by atoms with E-state index in [0.717, 1.165) is 50.4 Å². The van der Waals surface area contributed by atoms with E-state index >= 15 is 0 Å². The molecule has 3 saturated heterocycles. The van der Waals surface area contributed by atoms with E-state index in [-0.39, 0.29) is 24.3 Å². The Kier molecular flexibility index (Phi) is 8.53. The van der Waals surface area contributed by atoms with Crippen LogP contribution in [0.1, 0.15) is 42.9 Å². The number of ether oxygens (including phenoxy) is 2. The van der Waals surface area contributed by atoms with Gasteiger partial charge >= 0.3 is 6.18 Å². The Balaban J connectivity index is 1.26. The van der Waals surface area contributed by atoms with E-state index in [1.807, 2.05) is 9.80 Å². The summed E-state index contributed by atoms with van der Waals surface area (Å²) in [7, 11) is 0. The molecule has 0 bridgehead atoms. The molecule has 0 aromatic heterocycles. The highest BCUT2D eigenvalue weighted by Gasteiger charge is 2.40. The number of morpholine rings is 1. The summed E-state index contributed by atoms with van der Waals surface area (Å²) in [5, 5.41) is 0. The van der Waals surface area contributed by atoms with Gasteiger partial charge in [0.25, 0.3) is 5.91 Å². The summed E-state index contributed by atoms with van der Waals surface area (Å²) in [6, 6.07) is 4.64. The number of hydrogen-bond acceptors (Lipinski definition) is 6. The number of amides is 1. The summed E-state index contributed by atoms with van der Waals surface area (Å²) >= 11 is 0. The van der Waals surface area contributed by atoms with Gasteiger partial charge < -0.3 is 25.0 Å². The smallest absolute Gasteiger partial charge is 0.390 e. The molecule has 11 heteroatoms. The van der Waals surface area contributed by atoms with E-state index in [1.165, 1.54) is 6.07 Å². The lowest BCUT2D eigenvalue weighted by atomic mass is 9.95. The molecule has 0 aliphatic carbocycles. The molecule has 0 saturated carbocycles. The summed E-state index contributed by atoms with van der Waals surface area (Å²) in [5.41, 5.74) is 7.83. The van der Waals surface area contributed by atoms with Crippen molar-refractivity contribution in [1.82, 2.24) is 14.7 Å². The summed E-state index contributed by atoms with van der Waals surface area (Å²) in [6.45, 7) is 11.0. The number of nitrogens with two attached hydrogens (primary N) is 1. The lowest BCUT2D eigenvalue weighted by molar-refractivity contribution is -0.151. The van der Waals surface area contributed by atoms with Crippen molar-refractivity contribution in [2.75, 3.05) is 46.0 Å². The maximum Gasteiger partial charge on any atom is 0.416 e. The standard InChI is InChI=1S/C29H38F3N5O3/c1-19(20(2)36-9-5-21-3-4-23(29(30,31)32)15-22(21)16-36)27(34-18-33)28(38)35-10-6-24(7-11-35)37-12-14-40-26-17-39-13-8-25(26)37/h3-4,15,18,24-26H,2,5-14,16-17H2,1H3,(H2,33,34)/b27-19-. The molecule has 218 valence electrons. The molecule has 4 aliphatic rings. The van der Waals surface area contributed by atoms with Gasteiger partial charge in [-0.3, -0.25) is 9.69 Å². The molecule has 4 heterocycles. The second-order valence-corrected chi connectivity index (χ2v) is 11.0. The molecule has 2 N–H and O–H groups in total. The zero-order valence-electron chi connectivity index (χ0n) is 23.0. The van der Waals surface area contributed by atoms with Crippen LogP contribution in [-0.4, -0.2) is 91.1 Å². The van der Waals surface area contributed by atoms with Gasteiger partial charge in [-0.1, -0.05) is 12.6 Å². The van der Waals surface area contributed by atoms with E-state index in [1.54, 1.807) is 13.0 Å². The normalized spacial score (nSPS) is 25.4. The van der Waals surface area contributed by atoms with E-state index in [0.29, 0.717) is 68.2 Å². The topological polar surface area (TPSA) is 83.6 Å². The Bertz CT molecular complexity index is 1170. The van der Waals surface area contributed by atoms with E-state index < -0.39 is 11.7 Å². The second-order valence-electron chi connectivity index (χ2n) is 11.0. The van der Waals surface area contributed by atoms with E-state index in [2.05, 4.69) is 16.5 Å². The Morgan fingerprint density at radius 3 is 2.60 bits per heavy atom. The second kappa shape index (κ2) is 11.9. The van der Waals surface area contributed by atoms with Crippen molar-refractivity contribution >= 4 is 12.2 Å². The predicted molar refractivity (Wildman–Crippen MR) is 145 cm³/mol. The minimum absolute atomic E-state index is 0.117. The molecule has 2 atom stereocenters. The number of carbonyl (C=O) groups excluding carboxylic acids is 1. The zero-order valence-corrected chi connectivity index (χ0v) is 23.0. The first-order chi connectivity index (χ1) is 19.2. The largest absolute Gasteiger partial charge is 0.416 e. The third-order valence-electron chi connectivity index (χ3n) is 8.72. The minimum atomic E-state index is -4.40. The third kappa shape index (κ3) is 5.91. The van der Waals surface area contributed by atoms with Crippen LogP contribution in [0.4, 0.5) is 13.2 Å². The van der Waals surface area contributed by atoms with Gasteiger partial charge in [-0.25, -0.2) is 4.99 Å². The fraction of sp³-hybridized carbons (Fsp3) is 0.586. The van der Waals surface area contributed by atoms with Crippen LogP contribution in [-0.2, 0) is 33.4 Å². The molecule has 3 fully saturated rings. The average molecular weight is 562 g/mol. The number of carbonyl (C=O) groups is 1. The van der Waals surface area contributed by atoms with Gasteiger partial charge in [0.15, 0.2) is 0 Å². The number of nitrogens with zero attached hydrogens (tertiary/aromatic N) is 4. The van der Waals surface area contributed by atoms with Crippen LogP contribution >= 0.6 is 0 Å². The highest BCUT2D eigenvalue weighted by molar-refractivity contribution is 5.95. The molecule has 0 radical (unpaired) electrons. The van der Waals surface area contributed by atoms with Gasteiger partial charge in [0, 0.05) is 62.7 Å². The number of alkyl halides is 3. The Labute approximate surface area is 233 Å². The molecular weight excluding hydrogens is 523 g/mol. The molecule has 1 aromatic rings. The van der Waals surface area contributed by atoms with Crippen molar-refractivity contribution in [2.45, 2.75) is 63.5 Å². The van der Waals surface area contributed by atoms with E-state index in [9.17, 15) is 18.0 Å². The van der Waals surface area contributed by atoms with Crippen LogP contribution in [0.2, 0.25) is 0 Å². The SMILES string of the molecule is C=C(/C(C)=C(\N=CN)C(=O)N1CCC(N2CCOC3COCCC32)CC1)N1CCc2ccc(C(F)(F)F)cc2C1. The maximum atomic E-state index is 13.6. The molecule has 0 spiro atoms. The number of rotatable bonds is 5. The highest BCUT2D eigenvalue weighted by Crippen LogP contribution is 2.34. The van der Waals surface area contributed by atoms with Crippen molar-refractivity contribution in [2.24, 2.45) is 10.7 Å². The van der Waals surface area contributed by atoms with E-state index in [4.69, 9.17) is 15.2 Å². The molecule has 1 aromatic carbocycles. The predicted octanol–water partition coefficient (Wildman–Crippen LogP) is 3.32. The molecule has 40 heavy (non-hydrogen) atoms. The fourth-order valence-electron chi connectivity index (χ4n) is 6.44. The van der Waals surface area contributed by atoms with Crippen LogP contribution in [0.5, 0.6) is 0 Å². The molecular formula is C29H38F3N5O3. The third-order valence-corrected chi connectivity index (χ3v) is 8.72. The Morgan fingerprint density at radius 1 is 1.10 bits per heavy atom. The first-order valence-electron chi connectivity index (χ1n) is 14.0. The number of benzene rings is 1. The molecule has 8 nitrogen and oxygen atoms in total. The van der Waals surface area contributed by atoms with Crippen molar-refractivity contribution in [3.05, 3.63) is 58.4 Å². The molecule has 2 unspecified atom stereocenters. The Hall–Kier alpha value is -2.89. The number of piperidine rings is 1. The van der Waals surface area contributed by atoms with Crippen LogP contribution in [0.25, 0.3) is 0 Å². The fourth-order valence-corrected chi connectivity index (χ4v) is 6.44. The number of halogens is 3. The molecule has 4 aliphatic heterocycles. The van der Waals surface area contributed by atoms with Crippen molar-refractivity contribution in [1.29, 1.82) is 0 Å². The summed E-state index contributed by atoms with van der Waals surface area (Å²) in [4.78, 5) is 24.2. The number of likely N-dealkylation sites (tertiary alicyclic amines) is 1. The van der Waals surface area contributed by atoms with Gasteiger partial charge in [0.05, 0.1) is 31.2 Å². The molecule has 5 rings (SSSR count). The van der Waals surface area contributed by atoms with Crippen LogP contribution in [0, 0.1) is 0 Å². The zero-order chi connectivity index (χ0) is 28.4. The van der Waals surface area contributed by atoms with Gasteiger partial charge in [0.1, 0.15) is 5.70 Å². The monoisotopic (exact) mass is 561 g/mol. The maximum absolute atomic E-state index is 13.6. The van der Waals surface area contributed by atoms with Crippen molar-refractivity contribution in [3.8, 4) is 0 Å². The Morgan fingerprint density at radius 2 is 1.88 bits per heavy atom. The van der Waals surface area contributed by atoms with Gasteiger partial charge in [0.2, 0.25) is 0 Å². The lowest BCUT2D eigenvalue weighted by Crippen LogP contribution is -2.60. The average Bonchev–Trinajstić information content (AvgIpc) is 2.97. The number of hydrogen-bond donors (Lipinski definition) is 1. The van der Waals surface area contributed by atoms with Crippen LogP contribution in [0.15, 0.2) is 46.7 Å². The summed E-state index contributed by atoms with van der Waals surface area (Å²) in [6.07, 6.45) is 0.0948. The first kappa shape index (κ1) is 28.6. The van der Waals surface area contributed by atoms with Crippen molar-refractivity contribution < 1.29 is 27.4 Å². The number of allylic oxidation sites excluding steroid dienone is 1. The van der Waals surface area contributed by atoms with Crippen LogP contribution in [0.3, 0.4) is 0 Å². The van der Waals surface area contributed by atoms with Gasteiger partial charge in [-0.05, 0) is 55.9 Å². The first-order valence-corrected chi connectivity index (χ1v) is 14.0. The minimum Gasteiger partial charge on any atom is -0.390 e. The summed E-state index contributed by atoms with van der Waals surface area (Å²) < 4.78 is 51.4. The number of aliphatic imine (C=N–C) groups is 1. The summed E-state index contributed by atoms with van der Waals surface area (Å²) in [5.74, 6) is -0.207. The van der Waals surface area contributed by atoms with Crippen molar-refractivity contribution in [3.63, 3.8) is 0 Å². The van der Waals surface area contributed by atoms with Gasteiger partial charge in [-0.2, -0.15) is 13.2 Å². The highest BCUT2D eigenvalue weighted by atomic mass is 19.4. The van der Waals surface area contributed by atoms with Gasteiger partial charge in [-0.15, -0.1) is 0 Å². The van der Waals surface area contributed by atoms with Crippen LogP contribution < -0.4 is 5.73 Å². The quantitative estimate of drug-likeness (QED) is 0.257. The number of fused-ring (bicyclic) bond motifs is 2.